The van der Waals surface area contributed by atoms with E-state index in [9.17, 15) is 14.8 Å². The molecule has 90 valence electrons. The van der Waals surface area contributed by atoms with E-state index in [0.29, 0.717) is 15.8 Å². The Morgan fingerprint density at radius 2 is 2.06 bits per heavy atom. The first-order chi connectivity index (χ1) is 8.58. The van der Waals surface area contributed by atoms with Gasteiger partial charge in [0.2, 0.25) is 11.2 Å². The fourth-order valence-corrected chi connectivity index (χ4v) is 1.92. The van der Waals surface area contributed by atoms with Gasteiger partial charge >= 0.3 is 16.8 Å². The first-order valence-corrected chi connectivity index (χ1v) is 5.23. The largest absolute Gasteiger partial charge is 0.618 e. The third-order valence-electron chi connectivity index (χ3n) is 2.76. The van der Waals surface area contributed by atoms with E-state index in [2.05, 4.69) is 9.97 Å². The standard InChI is InChI=1S/C11H8N4O3/c1-5-3-2-4-6-7(5)12-9-8(15(6)18)10(16)14-11(17)13-9/h2-4H,1H3,(H2,12,13,14,16,17). The third-order valence-corrected chi connectivity index (χ3v) is 2.76. The van der Waals surface area contributed by atoms with Gasteiger partial charge in [0.05, 0.1) is 0 Å². The monoisotopic (exact) mass is 244 g/mol. The fourth-order valence-electron chi connectivity index (χ4n) is 1.92. The highest BCUT2D eigenvalue weighted by Crippen LogP contribution is 2.13. The topological polar surface area (TPSA) is 106 Å². The number of hydrogen-bond acceptors (Lipinski definition) is 4. The molecule has 0 saturated heterocycles. The molecule has 0 saturated carbocycles. The van der Waals surface area contributed by atoms with E-state index in [1.54, 1.807) is 25.1 Å². The molecule has 0 aliphatic rings. The minimum absolute atomic E-state index is 0.0134. The van der Waals surface area contributed by atoms with Crippen molar-refractivity contribution in [3.63, 3.8) is 0 Å². The van der Waals surface area contributed by atoms with Crippen LogP contribution in [0.15, 0.2) is 27.8 Å². The van der Waals surface area contributed by atoms with Crippen LogP contribution in [0.25, 0.3) is 22.2 Å². The van der Waals surface area contributed by atoms with Crippen molar-refractivity contribution in [2.24, 2.45) is 0 Å². The summed E-state index contributed by atoms with van der Waals surface area (Å²) in [5.41, 5.74) is -0.109. The molecular weight excluding hydrogens is 236 g/mol. The number of aromatic amines is 2. The van der Waals surface area contributed by atoms with Gasteiger partial charge in [-0.15, -0.1) is 0 Å². The highest BCUT2D eigenvalue weighted by Gasteiger charge is 2.17. The van der Waals surface area contributed by atoms with Gasteiger partial charge in [-0.25, -0.2) is 9.78 Å². The van der Waals surface area contributed by atoms with Crippen molar-refractivity contribution in [2.75, 3.05) is 0 Å². The summed E-state index contributed by atoms with van der Waals surface area (Å²) in [4.78, 5) is 31.3. The summed E-state index contributed by atoms with van der Waals surface area (Å²) in [7, 11) is 0. The number of H-pyrrole nitrogens is 2. The molecule has 18 heavy (non-hydrogen) atoms. The minimum atomic E-state index is -0.750. The van der Waals surface area contributed by atoms with Crippen LogP contribution in [-0.4, -0.2) is 15.0 Å². The Bertz CT molecular complexity index is 894. The Balaban J connectivity index is 2.70. The van der Waals surface area contributed by atoms with Crippen LogP contribution in [0.3, 0.4) is 0 Å². The van der Waals surface area contributed by atoms with E-state index in [4.69, 9.17) is 0 Å². The fraction of sp³-hybridized carbons (Fsp3) is 0.0909. The van der Waals surface area contributed by atoms with Gasteiger partial charge in [-0.3, -0.25) is 14.8 Å². The van der Waals surface area contributed by atoms with Gasteiger partial charge in [0.25, 0.3) is 0 Å². The summed E-state index contributed by atoms with van der Waals surface area (Å²) < 4.78 is 0.486. The first-order valence-electron chi connectivity index (χ1n) is 5.23. The van der Waals surface area contributed by atoms with Gasteiger partial charge in [0, 0.05) is 6.07 Å². The SMILES string of the molecule is Cc1cccc2c1nc1[nH]c(=O)[nH]c(=O)c1[n+]2[O-]. The molecule has 3 rings (SSSR count). The van der Waals surface area contributed by atoms with Gasteiger partial charge in [0.1, 0.15) is 5.52 Å². The maximum atomic E-state index is 12.1. The number of aromatic nitrogens is 4. The molecule has 0 fully saturated rings. The Morgan fingerprint density at radius 1 is 1.28 bits per heavy atom. The Morgan fingerprint density at radius 3 is 2.83 bits per heavy atom. The van der Waals surface area contributed by atoms with E-state index in [-0.39, 0.29) is 11.2 Å². The summed E-state index contributed by atoms with van der Waals surface area (Å²) in [6.45, 7) is 1.80. The highest BCUT2D eigenvalue weighted by atomic mass is 16.5. The molecule has 2 N–H and O–H groups in total. The van der Waals surface area contributed by atoms with Crippen LogP contribution in [0.4, 0.5) is 0 Å². The normalized spacial score (nSPS) is 11.2. The number of rotatable bonds is 0. The number of nitrogens with zero attached hydrogens (tertiary/aromatic N) is 2. The molecule has 2 heterocycles. The number of fused-ring (bicyclic) bond motifs is 2. The van der Waals surface area contributed by atoms with Gasteiger partial charge in [0.15, 0.2) is 0 Å². The second kappa shape index (κ2) is 3.39. The van der Waals surface area contributed by atoms with Crippen molar-refractivity contribution in [1.29, 1.82) is 0 Å². The number of hydrogen-bond donors (Lipinski definition) is 2. The van der Waals surface area contributed by atoms with Gasteiger partial charge < -0.3 is 5.21 Å². The Labute approximate surface area is 99.3 Å². The second-order valence-corrected chi connectivity index (χ2v) is 3.95. The molecule has 2 aromatic heterocycles. The van der Waals surface area contributed by atoms with E-state index in [1.807, 2.05) is 4.98 Å². The lowest BCUT2D eigenvalue weighted by molar-refractivity contribution is -0.549. The van der Waals surface area contributed by atoms with Crippen molar-refractivity contribution in [2.45, 2.75) is 6.92 Å². The van der Waals surface area contributed by atoms with Crippen molar-refractivity contribution < 1.29 is 4.73 Å². The molecular formula is C11H8N4O3. The maximum Gasteiger partial charge on any atom is 0.329 e. The van der Waals surface area contributed by atoms with E-state index in [0.717, 1.165) is 5.56 Å². The maximum absolute atomic E-state index is 12.1. The van der Waals surface area contributed by atoms with Crippen molar-refractivity contribution >= 4 is 22.2 Å². The zero-order valence-corrected chi connectivity index (χ0v) is 9.35. The number of nitrogens with one attached hydrogen (secondary N) is 2. The molecule has 1 aromatic carbocycles. The lowest BCUT2D eigenvalue weighted by Gasteiger charge is -2.05. The Hall–Kier alpha value is -2.70. The van der Waals surface area contributed by atoms with Crippen LogP contribution in [0.5, 0.6) is 0 Å². The summed E-state index contributed by atoms with van der Waals surface area (Å²) >= 11 is 0. The molecule has 0 aliphatic heterocycles. The van der Waals surface area contributed by atoms with Crippen LogP contribution in [-0.2, 0) is 0 Å². The van der Waals surface area contributed by atoms with Crippen LogP contribution in [0.1, 0.15) is 5.56 Å². The first kappa shape index (κ1) is 10.5. The number of para-hydroxylation sites is 1. The highest BCUT2D eigenvalue weighted by molar-refractivity contribution is 5.81. The van der Waals surface area contributed by atoms with E-state index < -0.39 is 11.2 Å². The minimum Gasteiger partial charge on any atom is -0.618 e. The van der Waals surface area contributed by atoms with Gasteiger partial charge in [-0.05, 0) is 12.5 Å². The lowest BCUT2D eigenvalue weighted by atomic mass is 10.2. The molecule has 0 unspecified atom stereocenters. The lowest BCUT2D eigenvalue weighted by Crippen LogP contribution is -2.37. The van der Waals surface area contributed by atoms with E-state index >= 15 is 0 Å². The summed E-state index contributed by atoms with van der Waals surface area (Å²) in [6.07, 6.45) is 0. The molecule has 0 bridgehead atoms. The molecule has 0 spiro atoms. The van der Waals surface area contributed by atoms with Crippen molar-refractivity contribution in [3.8, 4) is 0 Å². The quantitative estimate of drug-likeness (QED) is 0.322. The smallest absolute Gasteiger partial charge is 0.329 e. The average Bonchev–Trinajstić information content (AvgIpc) is 2.30. The van der Waals surface area contributed by atoms with Crippen molar-refractivity contribution in [3.05, 3.63) is 49.8 Å². The van der Waals surface area contributed by atoms with Gasteiger partial charge in [-0.2, -0.15) is 4.73 Å². The third kappa shape index (κ3) is 1.30. The zero-order valence-electron chi connectivity index (χ0n) is 9.35. The zero-order chi connectivity index (χ0) is 12.9. The molecule has 0 radical (unpaired) electrons. The summed E-state index contributed by atoms with van der Waals surface area (Å²) in [6, 6.07) is 5.08. The van der Waals surface area contributed by atoms with Crippen molar-refractivity contribution in [1.82, 2.24) is 15.0 Å². The number of benzene rings is 1. The molecule has 0 aliphatic carbocycles. The Kier molecular flexibility index (Phi) is 1.97. The van der Waals surface area contributed by atoms with Crippen LogP contribution >= 0.6 is 0 Å². The van der Waals surface area contributed by atoms with Crippen LogP contribution < -0.4 is 16.0 Å². The molecule has 3 aromatic rings. The predicted octanol–water partition coefficient (Wildman–Crippen LogP) is -0.294. The van der Waals surface area contributed by atoms with Crippen LogP contribution in [0.2, 0.25) is 0 Å². The molecule has 0 amide bonds. The predicted molar refractivity (Wildman–Crippen MR) is 64.2 cm³/mol. The molecule has 7 nitrogen and oxygen atoms in total. The van der Waals surface area contributed by atoms with Gasteiger partial charge in [-0.1, -0.05) is 12.1 Å². The van der Waals surface area contributed by atoms with E-state index in [1.165, 1.54) is 0 Å². The number of aryl methyl sites for hydroxylation is 1. The average molecular weight is 244 g/mol. The van der Waals surface area contributed by atoms with Crippen LogP contribution in [0, 0.1) is 12.1 Å². The molecule has 0 atom stereocenters. The molecule has 7 heteroatoms. The second-order valence-electron chi connectivity index (χ2n) is 3.95. The summed E-state index contributed by atoms with van der Waals surface area (Å²) in [5, 5.41) is 12.1. The summed E-state index contributed by atoms with van der Waals surface area (Å²) in [5.74, 6) is 0.